The summed E-state index contributed by atoms with van der Waals surface area (Å²) in [7, 11) is 0. The van der Waals surface area contributed by atoms with Crippen molar-refractivity contribution in [2.24, 2.45) is 0 Å². The zero-order valence-corrected chi connectivity index (χ0v) is 13.9. The number of aromatic nitrogens is 3. The Balaban J connectivity index is 1.74. The number of thiazole rings is 1. The Labute approximate surface area is 138 Å². The van der Waals surface area contributed by atoms with Crippen molar-refractivity contribution in [3.63, 3.8) is 0 Å². The molecule has 1 unspecified atom stereocenters. The predicted molar refractivity (Wildman–Crippen MR) is 88.3 cm³/mol. The van der Waals surface area contributed by atoms with E-state index in [2.05, 4.69) is 20.3 Å². The zero-order chi connectivity index (χ0) is 16.4. The molecule has 0 saturated carbocycles. The Kier molecular flexibility index (Phi) is 4.53. The van der Waals surface area contributed by atoms with Crippen LogP contribution in [0.5, 0.6) is 0 Å². The third kappa shape index (κ3) is 4.02. The van der Waals surface area contributed by atoms with E-state index < -0.39 is 5.97 Å². The number of hydrogen-bond donors (Lipinski definition) is 2. The fourth-order valence-corrected chi connectivity index (χ4v) is 3.49. The number of hydrogen-bond acceptors (Lipinski definition) is 7. The van der Waals surface area contributed by atoms with Crippen molar-refractivity contribution in [2.45, 2.75) is 26.2 Å². The molecule has 1 saturated heterocycles. The number of nitrogens with zero attached hydrogens (tertiary/aromatic N) is 4. The maximum absolute atomic E-state index is 10.8. The smallest absolute Gasteiger partial charge is 0.317 e. The van der Waals surface area contributed by atoms with Gasteiger partial charge >= 0.3 is 5.97 Å². The van der Waals surface area contributed by atoms with Crippen molar-refractivity contribution >= 4 is 28.3 Å². The van der Waals surface area contributed by atoms with Gasteiger partial charge in [0.2, 0.25) is 0 Å². The Bertz CT molecular complexity index is 718. The van der Waals surface area contributed by atoms with E-state index in [1.807, 2.05) is 30.2 Å². The van der Waals surface area contributed by atoms with Crippen LogP contribution in [0.25, 0.3) is 0 Å². The Morgan fingerprint density at radius 3 is 2.96 bits per heavy atom. The summed E-state index contributed by atoms with van der Waals surface area (Å²) in [5.74, 6) is 0.897. The largest absolute Gasteiger partial charge is 0.480 e. The summed E-state index contributed by atoms with van der Waals surface area (Å²) in [6.45, 7) is 5.41. The summed E-state index contributed by atoms with van der Waals surface area (Å²) in [4.78, 5) is 26.1. The van der Waals surface area contributed by atoms with Crippen LogP contribution in [0, 0.1) is 13.8 Å². The molecule has 2 aromatic rings. The highest BCUT2D eigenvalue weighted by Gasteiger charge is 2.26. The SMILES string of the molecule is Cc1csc(Nc2cc(C3CCN(CC(=O)O)C3)nc(C)n2)n1. The first-order chi connectivity index (χ1) is 11.0. The lowest BCUT2D eigenvalue weighted by molar-refractivity contribution is -0.138. The van der Waals surface area contributed by atoms with Gasteiger partial charge in [-0.3, -0.25) is 9.69 Å². The van der Waals surface area contributed by atoms with Crippen LogP contribution in [0.1, 0.15) is 29.6 Å². The highest BCUT2D eigenvalue weighted by Crippen LogP contribution is 2.28. The van der Waals surface area contributed by atoms with Gasteiger partial charge in [-0.25, -0.2) is 15.0 Å². The molecule has 2 aromatic heterocycles. The normalized spacial score (nSPS) is 18.3. The first-order valence-corrected chi connectivity index (χ1v) is 8.36. The van der Waals surface area contributed by atoms with E-state index in [4.69, 9.17) is 5.11 Å². The lowest BCUT2D eigenvalue weighted by atomic mass is 10.0. The van der Waals surface area contributed by atoms with Crippen molar-refractivity contribution in [3.05, 3.63) is 28.7 Å². The number of aliphatic carboxylic acids is 1. The number of carbonyl (C=O) groups is 1. The van der Waals surface area contributed by atoms with Gasteiger partial charge in [-0.15, -0.1) is 11.3 Å². The second-order valence-electron chi connectivity index (χ2n) is 5.76. The molecule has 1 aliphatic rings. The van der Waals surface area contributed by atoms with Crippen molar-refractivity contribution in [2.75, 3.05) is 25.0 Å². The Morgan fingerprint density at radius 2 is 2.26 bits per heavy atom. The summed E-state index contributed by atoms with van der Waals surface area (Å²) < 4.78 is 0. The minimum Gasteiger partial charge on any atom is -0.480 e. The summed E-state index contributed by atoms with van der Waals surface area (Å²) in [5.41, 5.74) is 1.93. The lowest BCUT2D eigenvalue weighted by Gasteiger charge is -2.14. The van der Waals surface area contributed by atoms with Crippen LogP contribution in [0.15, 0.2) is 11.4 Å². The second-order valence-corrected chi connectivity index (χ2v) is 6.62. The molecule has 0 bridgehead atoms. The molecule has 3 heterocycles. The number of rotatable bonds is 5. The fraction of sp³-hybridized carbons (Fsp3) is 0.467. The molecule has 23 heavy (non-hydrogen) atoms. The third-order valence-electron chi connectivity index (χ3n) is 3.76. The number of anilines is 2. The monoisotopic (exact) mass is 333 g/mol. The molecular weight excluding hydrogens is 314 g/mol. The molecule has 3 rings (SSSR count). The van der Waals surface area contributed by atoms with Gasteiger partial charge in [0.05, 0.1) is 17.9 Å². The van der Waals surface area contributed by atoms with Crippen LogP contribution >= 0.6 is 11.3 Å². The average molecular weight is 333 g/mol. The van der Waals surface area contributed by atoms with E-state index in [0.717, 1.165) is 41.8 Å². The van der Waals surface area contributed by atoms with Crippen molar-refractivity contribution in [1.29, 1.82) is 0 Å². The molecule has 2 N–H and O–H groups in total. The van der Waals surface area contributed by atoms with Crippen molar-refractivity contribution < 1.29 is 9.90 Å². The molecule has 0 amide bonds. The van der Waals surface area contributed by atoms with Crippen LogP contribution < -0.4 is 5.32 Å². The quantitative estimate of drug-likeness (QED) is 0.866. The van der Waals surface area contributed by atoms with Gasteiger partial charge in [0, 0.05) is 23.9 Å². The van der Waals surface area contributed by atoms with Gasteiger partial charge in [-0.1, -0.05) is 0 Å². The molecule has 1 aliphatic heterocycles. The van der Waals surface area contributed by atoms with Crippen LogP contribution in [0.2, 0.25) is 0 Å². The van der Waals surface area contributed by atoms with E-state index >= 15 is 0 Å². The molecule has 1 fully saturated rings. The number of carboxylic acids is 1. The summed E-state index contributed by atoms with van der Waals surface area (Å²) in [6, 6.07) is 1.94. The van der Waals surface area contributed by atoms with Crippen LogP contribution in [0.3, 0.4) is 0 Å². The lowest BCUT2D eigenvalue weighted by Crippen LogP contribution is -2.27. The van der Waals surface area contributed by atoms with E-state index in [-0.39, 0.29) is 12.5 Å². The summed E-state index contributed by atoms with van der Waals surface area (Å²) in [5, 5.41) is 14.9. The molecule has 0 aliphatic carbocycles. The highest BCUT2D eigenvalue weighted by molar-refractivity contribution is 7.13. The van der Waals surface area contributed by atoms with Crippen molar-refractivity contribution in [1.82, 2.24) is 19.9 Å². The van der Waals surface area contributed by atoms with E-state index in [1.165, 1.54) is 11.3 Å². The van der Waals surface area contributed by atoms with E-state index in [0.29, 0.717) is 5.82 Å². The van der Waals surface area contributed by atoms with E-state index in [1.54, 1.807) is 0 Å². The third-order valence-corrected chi connectivity index (χ3v) is 4.64. The molecule has 0 aromatic carbocycles. The highest BCUT2D eigenvalue weighted by atomic mass is 32.1. The van der Waals surface area contributed by atoms with Crippen LogP contribution in [0.4, 0.5) is 10.9 Å². The van der Waals surface area contributed by atoms with Gasteiger partial charge < -0.3 is 10.4 Å². The van der Waals surface area contributed by atoms with Crippen LogP contribution in [-0.2, 0) is 4.79 Å². The minimum absolute atomic E-state index is 0.0874. The standard InChI is InChI=1S/C15H19N5O2S/c1-9-8-23-15(16-9)19-13-5-12(17-10(2)18-13)11-3-4-20(6-11)7-14(21)22/h5,8,11H,3-4,6-7H2,1-2H3,(H,21,22)(H,16,17,18,19). The zero-order valence-electron chi connectivity index (χ0n) is 13.1. The fourth-order valence-electron chi connectivity index (χ4n) is 2.79. The molecule has 1 atom stereocenters. The van der Waals surface area contributed by atoms with Gasteiger partial charge in [0.1, 0.15) is 11.6 Å². The van der Waals surface area contributed by atoms with Gasteiger partial charge in [-0.05, 0) is 26.8 Å². The predicted octanol–water partition coefficient (Wildman–Crippen LogP) is 2.17. The minimum atomic E-state index is -0.786. The number of carboxylic acid groups (broad SMARTS) is 1. The Hall–Kier alpha value is -2.06. The van der Waals surface area contributed by atoms with Gasteiger partial charge in [-0.2, -0.15) is 0 Å². The topological polar surface area (TPSA) is 91.2 Å². The molecular formula is C15H19N5O2S. The maximum atomic E-state index is 10.8. The molecule has 7 nitrogen and oxygen atoms in total. The number of nitrogens with one attached hydrogen (secondary N) is 1. The number of aryl methyl sites for hydroxylation is 2. The number of likely N-dealkylation sites (tertiary alicyclic amines) is 1. The van der Waals surface area contributed by atoms with E-state index in [9.17, 15) is 4.79 Å². The molecule has 0 radical (unpaired) electrons. The maximum Gasteiger partial charge on any atom is 0.317 e. The molecule has 8 heteroatoms. The molecule has 122 valence electrons. The van der Waals surface area contributed by atoms with Crippen molar-refractivity contribution in [3.8, 4) is 0 Å². The van der Waals surface area contributed by atoms with Gasteiger partial charge in [0.25, 0.3) is 0 Å². The molecule has 0 spiro atoms. The Morgan fingerprint density at radius 1 is 1.43 bits per heavy atom. The summed E-state index contributed by atoms with van der Waals surface area (Å²) >= 11 is 1.54. The first-order valence-electron chi connectivity index (χ1n) is 7.48. The second kappa shape index (κ2) is 6.59. The summed E-state index contributed by atoms with van der Waals surface area (Å²) in [6.07, 6.45) is 0.916. The first kappa shape index (κ1) is 15.8. The van der Waals surface area contributed by atoms with Gasteiger partial charge in [0.15, 0.2) is 5.13 Å². The average Bonchev–Trinajstić information content (AvgIpc) is 3.07. The van der Waals surface area contributed by atoms with Crippen LogP contribution in [-0.4, -0.2) is 50.6 Å².